The lowest BCUT2D eigenvalue weighted by Crippen LogP contribution is -2.01. The maximum Gasteiger partial charge on any atom is 0.277 e. The van der Waals surface area contributed by atoms with Crippen LogP contribution < -0.4 is 0 Å². The second-order valence-electron chi connectivity index (χ2n) is 4.75. The highest BCUT2D eigenvalue weighted by molar-refractivity contribution is 7.98. The van der Waals surface area contributed by atoms with Gasteiger partial charge in [-0.05, 0) is 34.7 Å². The molecule has 24 heavy (non-hydrogen) atoms. The summed E-state index contributed by atoms with van der Waals surface area (Å²) < 4.78 is 7.32. The van der Waals surface area contributed by atoms with E-state index in [1.165, 1.54) is 11.8 Å². The van der Waals surface area contributed by atoms with Gasteiger partial charge in [0, 0.05) is 12.4 Å². The van der Waals surface area contributed by atoms with Crippen LogP contribution in [0.15, 0.2) is 64.5 Å². The third-order valence-corrected chi connectivity index (χ3v) is 3.99. The first-order valence-corrected chi connectivity index (χ1v) is 8.08. The lowest BCUT2D eigenvalue weighted by Gasteiger charge is -2.02. The van der Waals surface area contributed by atoms with E-state index in [1.54, 1.807) is 17.1 Å². The molecule has 0 atom stereocenters. The number of nitrogens with zero attached hydrogens (tertiary/aromatic N) is 7. The molecule has 0 spiro atoms. The maximum atomic E-state index is 5.64. The Bertz CT molecular complexity index is 923. The Balaban J connectivity index is 1.49. The number of hydrogen-bond acceptors (Lipinski definition) is 8. The van der Waals surface area contributed by atoms with Crippen LogP contribution in [0.25, 0.3) is 17.1 Å². The molecule has 1 aromatic carbocycles. The molecule has 0 radical (unpaired) electrons. The van der Waals surface area contributed by atoms with E-state index < -0.39 is 0 Å². The average Bonchev–Trinajstić information content (AvgIpc) is 3.31. The number of rotatable bonds is 5. The van der Waals surface area contributed by atoms with E-state index >= 15 is 0 Å². The molecule has 0 aliphatic carbocycles. The molecule has 4 aromatic rings. The van der Waals surface area contributed by atoms with Crippen LogP contribution in [0.4, 0.5) is 0 Å². The Morgan fingerprint density at radius 3 is 2.75 bits per heavy atom. The van der Waals surface area contributed by atoms with Crippen molar-refractivity contribution in [1.82, 2.24) is 35.4 Å². The first-order chi connectivity index (χ1) is 11.9. The van der Waals surface area contributed by atoms with Gasteiger partial charge in [0.15, 0.2) is 5.82 Å². The fraction of sp³-hybridized carbons (Fsp3) is 0.0667. The topological polar surface area (TPSA) is 95.4 Å². The summed E-state index contributed by atoms with van der Waals surface area (Å²) in [6.45, 7) is 0. The van der Waals surface area contributed by atoms with Crippen molar-refractivity contribution in [3.05, 3.63) is 60.7 Å². The molecule has 8 nitrogen and oxygen atoms in total. The zero-order chi connectivity index (χ0) is 16.2. The van der Waals surface area contributed by atoms with E-state index in [2.05, 4.69) is 30.7 Å². The van der Waals surface area contributed by atoms with Crippen molar-refractivity contribution >= 4 is 11.8 Å². The Morgan fingerprint density at radius 1 is 1.00 bits per heavy atom. The molecular formula is C15H11N7OS. The van der Waals surface area contributed by atoms with Gasteiger partial charge < -0.3 is 4.42 Å². The molecule has 0 saturated carbocycles. The number of benzene rings is 1. The monoisotopic (exact) mass is 337 g/mol. The fourth-order valence-corrected chi connectivity index (χ4v) is 2.73. The van der Waals surface area contributed by atoms with Crippen LogP contribution in [0.5, 0.6) is 0 Å². The maximum absolute atomic E-state index is 5.64. The summed E-state index contributed by atoms with van der Waals surface area (Å²) in [6, 6.07) is 13.4. The van der Waals surface area contributed by atoms with E-state index in [0.717, 1.165) is 11.3 Å². The Hall–Kier alpha value is -3.07. The van der Waals surface area contributed by atoms with Crippen molar-refractivity contribution in [2.45, 2.75) is 11.0 Å². The molecule has 118 valence electrons. The summed E-state index contributed by atoms with van der Waals surface area (Å²) in [4.78, 5) is 4.04. The first kappa shape index (κ1) is 14.5. The molecule has 4 rings (SSSR count). The molecule has 0 aliphatic rings. The van der Waals surface area contributed by atoms with Gasteiger partial charge in [-0.15, -0.1) is 15.3 Å². The normalized spacial score (nSPS) is 10.8. The standard InChI is InChI=1S/C15H11N7OS/c1-2-6-12(7-3-1)22-13(17-20-21-22)10-24-15-19-18-14(23-15)11-5-4-8-16-9-11/h1-9H,10H2. The molecule has 0 fully saturated rings. The highest BCUT2D eigenvalue weighted by atomic mass is 32.2. The SMILES string of the molecule is c1ccc(-n2nnnc2CSc2nnc(-c3cccnc3)o2)cc1. The third kappa shape index (κ3) is 3.01. The van der Waals surface area contributed by atoms with Crippen LogP contribution in [0, 0.1) is 0 Å². The van der Waals surface area contributed by atoms with Crippen molar-refractivity contribution in [1.29, 1.82) is 0 Å². The quantitative estimate of drug-likeness (QED) is 0.512. The van der Waals surface area contributed by atoms with Crippen molar-refractivity contribution < 1.29 is 4.42 Å². The summed E-state index contributed by atoms with van der Waals surface area (Å²) in [5, 5.41) is 20.3. The minimum atomic E-state index is 0.438. The lowest BCUT2D eigenvalue weighted by molar-refractivity contribution is 0.465. The molecule has 0 saturated heterocycles. The largest absolute Gasteiger partial charge is 0.411 e. The van der Waals surface area contributed by atoms with Gasteiger partial charge in [-0.1, -0.05) is 30.0 Å². The minimum absolute atomic E-state index is 0.438. The first-order valence-electron chi connectivity index (χ1n) is 7.09. The molecule has 0 bridgehead atoms. The number of pyridine rings is 1. The predicted octanol–water partition coefficient (Wildman–Crippen LogP) is 2.40. The Labute approximate surface area is 140 Å². The smallest absolute Gasteiger partial charge is 0.277 e. The molecule has 3 aromatic heterocycles. The number of thioether (sulfide) groups is 1. The van der Waals surface area contributed by atoms with Gasteiger partial charge in [0.25, 0.3) is 5.22 Å². The zero-order valence-corrected chi connectivity index (χ0v) is 13.2. The second kappa shape index (κ2) is 6.59. The van der Waals surface area contributed by atoms with Gasteiger partial charge in [0.1, 0.15) is 0 Å². The minimum Gasteiger partial charge on any atom is -0.411 e. The van der Waals surface area contributed by atoms with E-state index in [1.807, 2.05) is 42.5 Å². The van der Waals surface area contributed by atoms with E-state index in [4.69, 9.17) is 4.42 Å². The fourth-order valence-electron chi connectivity index (χ4n) is 2.07. The summed E-state index contributed by atoms with van der Waals surface area (Å²) in [5.74, 6) is 1.65. The van der Waals surface area contributed by atoms with E-state index in [9.17, 15) is 0 Å². The van der Waals surface area contributed by atoms with Crippen molar-refractivity contribution in [3.63, 3.8) is 0 Å². The van der Waals surface area contributed by atoms with Gasteiger partial charge in [-0.25, -0.2) is 0 Å². The third-order valence-electron chi connectivity index (χ3n) is 3.17. The van der Waals surface area contributed by atoms with Crippen LogP contribution in [0.3, 0.4) is 0 Å². The Morgan fingerprint density at radius 2 is 1.92 bits per heavy atom. The van der Waals surface area contributed by atoms with Crippen LogP contribution in [-0.4, -0.2) is 35.4 Å². The van der Waals surface area contributed by atoms with Crippen molar-refractivity contribution in [3.8, 4) is 17.1 Å². The van der Waals surface area contributed by atoms with Crippen LogP contribution >= 0.6 is 11.8 Å². The number of tetrazole rings is 1. The number of hydrogen-bond donors (Lipinski definition) is 0. The molecule has 9 heteroatoms. The van der Waals surface area contributed by atoms with Crippen LogP contribution in [-0.2, 0) is 5.75 Å². The summed E-state index contributed by atoms with van der Waals surface area (Å²) in [6.07, 6.45) is 3.37. The zero-order valence-electron chi connectivity index (χ0n) is 12.4. The highest BCUT2D eigenvalue weighted by Gasteiger charge is 2.13. The molecule has 0 amide bonds. The van der Waals surface area contributed by atoms with Gasteiger partial charge in [-0.2, -0.15) is 4.68 Å². The summed E-state index contributed by atoms with van der Waals surface area (Å²) >= 11 is 1.38. The van der Waals surface area contributed by atoms with Gasteiger partial charge >= 0.3 is 0 Å². The lowest BCUT2D eigenvalue weighted by atomic mass is 10.3. The average molecular weight is 337 g/mol. The van der Waals surface area contributed by atoms with Crippen LogP contribution in [0.1, 0.15) is 5.82 Å². The molecule has 3 heterocycles. The number of aromatic nitrogens is 7. The number of para-hydroxylation sites is 1. The molecule has 0 N–H and O–H groups in total. The predicted molar refractivity (Wildman–Crippen MR) is 86.2 cm³/mol. The Kier molecular flexibility index (Phi) is 3.98. The molecular weight excluding hydrogens is 326 g/mol. The van der Waals surface area contributed by atoms with Crippen molar-refractivity contribution in [2.24, 2.45) is 0 Å². The van der Waals surface area contributed by atoms with E-state index in [0.29, 0.717) is 22.7 Å². The van der Waals surface area contributed by atoms with Gasteiger partial charge in [-0.3, -0.25) is 4.98 Å². The van der Waals surface area contributed by atoms with Crippen molar-refractivity contribution in [2.75, 3.05) is 0 Å². The summed E-state index contributed by atoms with van der Waals surface area (Å²) in [5.41, 5.74) is 1.69. The van der Waals surface area contributed by atoms with Crippen LogP contribution in [0.2, 0.25) is 0 Å². The second-order valence-corrected chi connectivity index (χ2v) is 5.67. The summed E-state index contributed by atoms with van der Waals surface area (Å²) in [7, 11) is 0. The van der Waals surface area contributed by atoms with Gasteiger partial charge in [0.2, 0.25) is 5.89 Å². The molecule has 0 unspecified atom stereocenters. The van der Waals surface area contributed by atoms with E-state index in [-0.39, 0.29) is 0 Å². The highest BCUT2D eigenvalue weighted by Crippen LogP contribution is 2.25. The molecule has 0 aliphatic heterocycles. The van der Waals surface area contributed by atoms with Gasteiger partial charge in [0.05, 0.1) is 17.0 Å².